The molecule has 0 radical (unpaired) electrons. The van der Waals surface area contributed by atoms with Crippen molar-refractivity contribution in [1.82, 2.24) is 10.2 Å². The van der Waals surface area contributed by atoms with E-state index in [0.29, 0.717) is 18.0 Å². The minimum atomic E-state index is -3.35. The van der Waals surface area contributed by atoms with Crippen LogP contribution in [0.25, 0.3) is 11.3 Å². The Hall–Kier alpha value is -2.28. The van der Waals surface area contributed by atoms with Crippen molar-refractivity contribution in [2.45, 2.75) is 50.5 Å². The van der Waals surface area contributed by atoms with Crippen LogP contribution in [0, 0.1) is 5.92 Å². The summed E-state index contributed by atoms with van der Waals surface area (Å²) in [6.45, 7) is 1.58. The molecule has 0 bridgehead atoms. The molecule has 1 N–H and O–H groups in total. The molecule has 1 heterocycles. The Morgan fingerprint density at radius 1 is 1.04 bits per heavy atom. The Balaban J connectivity index is 1.62. The van der Waals surface area contributed by atoms with Crippen LogP contribution in [0.2, 0.25) is 0 Å². The fourth-order valence-electron chi connectivity index (χ4n) is 3.38. The van der Waals surface area contributed by atoms with E-state index in [4.69, 9.17) is 0 Å². The highest BCUT2D eigenvalue weighted by atomic mass is 32.2. The summed E-state index contributed by atoms with van der Waals surface area (Å²) >= 11 is 0. The largest absolute Gasteiger partial charge is 0.326 e. The van der Waals surface area contributed by atoms with Gasteiger partial charge in [0.05, 0.1) is 11.4 Å². The molecule has 1 aromatic heterocycles. The highest BCUT2D eigenvalue weighted by molar-refractivity contribution is 7.91. The number of nitrogens with one attached hydrogen (secondary N) is 1. The lowest BCUT2D eigenvalue weighted by Crippen LogP contribution is -2.18. The summed E-state index contributed by atoms with van der Waals surface area (Å²) in [5.41, 5.74) is 2.15. The van der Waals surface area contributed by atoms with Gasteiger partial charge < -0.3 is 5.32 Å². The zero-order chi connectivity index (χ0) is 19.3. The first kappa shape index (κ1) is 19.5. The predicted molar refractivity (Wildman–Crippen MR) is 105 cm³/mol. The van der Waals surface area contributed by atoms with Gasteiger partial charge in [-0.15, -0.1) is 10.2 Å². The molecule has 3 rings (SSSR count). The van der Waals surface area contributed by atoms with Crippen molar-refractivity contribution in [1.29, 1.82) is 0 Å². The molecule has 27 heavy (non-hydrogen) atoms. The first-order valence-corrected chi connectivity index (χ1v) is 11.1. The van der Waals surface area contributed by atoms with Crippen LogP contribution in [0.3, 0.4) is 0 Å². The number of carbonyl (C=O) groups excluding carboxylic acids is 1. The zero-order valence-electron chi connectivity index (χ0n) is 15.5. The second kappa shape index (κ2) is 8.61. The molecule has 1 saturated carbocycles. The summed E-state index contributed by atoms with van der Waals surface area (Å²) in [5, 5.41) is 10.8. The fourth-order valence-corrected chi connectivity index (χ4v) is 4.11. The molecular weight excluding hydrogens is 362 g/mol. The number of hydrogen-bond acceptors (Lipinski definition) is 5. The highest BCUT2D eigenvalue weighted by Gasteiger charge is 2.17. The Bertz CT molecular complexity index is 872. The molecule has 7 heteroatoms. The molecule has 0 unspecified atom stereocenters. The summed E-state index contributed by atoms with van der Waals surface area (Å²) in [5.74, 6) is 0.561. The van der Waals surface area contributed by atoms with Gasteiger partial charge in [0.25, 0.3) is 0 Å². The molecule has 0 spiro atoms. The van der Waals surface area contributed by atoms with Crippen LogP contribution >= 0.6 is 0 Å². The van der Waals surface area contributed by atoms with Gasteiger partial charge in [-0.2, -0.15) is 0 Å². The van der Waals surface area contributed by atoms with E-state index in [-0.39, 0.29) is 16.7 Å². The number of amides is 1. The fraction of sp³-hybridized carbons (Fsp3) is 0.450. The van der Waals surface area contributed by atoms with Crippen LogP contribution in [-0.2, 0) is 14.6 Å². The number of sulfone groups is 1. The summed E-state index contributed by atoms with van der Waals surface area (Å²) in [6.07, 6.45) is 6.62. The van der Waals surface area contributed by atoms with E-state index in [1.54, 1.807) is 13.0 Å². The van der Waals surface area contributed by atoms with Gasteiger partial charge in [-0.25, -0.2) is 8.42 Å². The minimum absolute atomic E-state index is 0.00369. The Morgan fingerprint density at radius 2 is 1.74 bits per heavy atom. The maximum absolute atomic E-state index is 12.2. The van der Waals surface area contributed by atoms with E-state index in [0.717, 1.165) is 24.1 Å². The molecule has 1 amide bonds. The molecule has 6 nitrogen and oxygen atoms in total. The van der Waals surface area contributed by atoms with Crippen molar-refractivity contribution in [3.63, 3.8) is 0 Å². The number of nitrogens with zero attached hydrogens (tertiary/aromatic N) is 2. The zero-order valence-corrected chi connectivity index (χ0v) is 16.3. The van der Waals surface area contributed by atoms with Crippen molar-refractivity contribution < 1.29 is 13.2 Å². The van der Waals surface area contributed by atoms with Crippen molar-refractivity contribution in [2.24, 2.45) is 5.92 Å². The van der Waals surface area contributed by atoms with Crippen molar-refractivity contribution in [3.05, 3.63) is 36.4 Å². The first-order valence-electron chi connectivity index (χ1n) is 9.44. The second-order valence-electron chi connectivity index (χ2n) is 6.99. The molecule has 1 fully saturated rings. The van der Waals surface area contributed by atoms with Gasteiger partial charge in [0.1, 0.15) is 0 Å². The van der Waals surface area contributed by atoms with Gasteiger partial charge in [-0.3, -0.25) is 4.79 Å². The molecule has 0 atom stereocenters. The SMILES string of the molecule is CCS(=O)(=O)c1ccc(-c2ccc(NC(=O)CC3CCCCC3)cc2)nn1. The van der Waals surface area contributed by atoms with Crippen LogP contribution in [0.1, 0.15) is 45.4 Å². The van der Waals surface area contributed by atoms with Gasteiger partial charge in [0.15, 0.2) is 14.9 Å². The first-order chi connectivity index (χ1) is 13.0. The van der Waals surface area contributed by atoms with Gasteiger partial charge in [0, 0.05) is 17.7 Å². The summed E-state index contributed by atoms with van der Waals surface area (Å²) in [7, 11) is -3.35. The number of rotatable bonds is 6. The third kappa shape index (κ3) is 5.13. The number of anilines is 1. The smallest absolute Gasteiger partial charge is 0.224 e. The molecule has 1 aromatic carbocycles. The second-order valence-corrected chi connectivity index (χ2v) is 9.22. The normalized spacial score (nSPS) is 15.4. The van der Waals surface area contributed by atoms with Crippen LogP contribution in [0.5, 0.6) is 0 Å². The van der Waals surface area contributed by atoms with Gasteiger partial charge in [-0.1, -0.05) is 38.3 Å². The molecule has 0 saturated heterocycles. The number of benzene rings is 1. The minimum Gasteiger partial charge on any atom is -0.326 e. The van der Waals surface area contributed by atoms with Crippen molar-refractivity contribution >= 4 is 21.4 Å². The van der Waals surface area contributed by atoms with Gasteiger partial charge >= 0.3 is 0 Å². The standard InChI is InChI=1S/C20H25N3O3S/c1-2-27(25,26)20-13-12-18(22-23-20)16-8-10-17(11-9-16)21-19(24)14-15-6-4-3-5-7-15/h8-13,15H,2-7,14H2,1H3,(H,21,24). The predicted octanol–water partition coefficient (Wildman–Crippen LogP) is 3.85. The Kier molecular flexibility index (Phi) is 6.21. The lowest BCUT2D eigenvalue weighted by Gasteiger charge is -2.20. The Labute approximate surface area is 160 Å². The summed E-state index contributed by atoms with van der Waals surface area (Å²) in [4.78, 5) is 12.2. The average Bonchev–Trinajstić information content (AvgIpc) is 2.69. The number of carbonyl (C=O) groups is 1. The lowest BCUT2D eigenvalue weighted by molar-refractivity contribution is -0.117. The van der Waals surface area contributed by atoms with Crippen LogP contribution in [-0.4, -0.2) is 30.3 Å². The molecular formula is C20H25N3O3S. The summed E-state index contributed by atoms with van der Waals surface area (Å²) in [6, 6.07) is 10.5. The molecule has 1 aliphatic carbocycles. The molecule has 1 aliphatic rings. The van der Waals surface area contributed by atoms with E-state index in [1.807, 2.05) is 24.3 Å². The Morgan fingerprint density at radius 3 is 2.33 bits per heavy atom. The quantitative estimate of drug-likeness (QED) is 0.813. The van der Waals surface area contributed by atoms with E-state index < -0.39 is 9.84 Å². The van der Waals surface area contributed by atoms with Crippen LogP contribution in [0.15, 0.2) is 41.4 Å². The third-order valence-electron chi connectivity index (χ3n) is 5.00. The van der Waals surface area contributed by atoms with Gasteiger partial charge in [0.2, 0.25) is 5.91 Å². The molecule has 0 aliphatic heterocycles. The van der Waals surface area contributed by atoms with Crippen LogP contribution < -0.4 is 5.32 Å². The average molecular weight is 388 g/mol. The van der Waals surface area contributed by atoms with E-state index in [9.17, 15) is 13.2 Å². The van der Waals surface area contributed by atoms with E-state index >= 15 is 0 Å². The van der Waals surface area contributed by atoms with Crippen LogP contribution in [0.4, 0.5) is 5.69 Å². The van der Waals surface area contributed by atoms with E-state index in [2.05, 4.69) is 15.5 Å². The molecule has 2 aromatic rings. The van der Waals surface area contributed by atoms with E-state index in [1.165, 1.54) is 25.3 Å². The topological polar surface area (TPSA) is 89.0 Å². The van der Waals surface area contributed by atoms with Gasteiger partial charge in [-0.05, 0) is 43.0 Å². The third-order valence-corrected chi connectivity index (χ3v) is 6.62. The number of hydrogen-bond donors (Lipinski definition) is 1. The highest BCUT2D eigenvalue weighted by Crippen LogP contribution is 2.27. The maximum Gasteiger partial charge on any atom is 0.224 e. The maximum atomic E-state index is 12.2. The molecule has 144 valence electrons. The van der Waals surface area contributed by atoms with Crippen molar-refractivity contribution in [3.8, 4) is 11.3 Å². The summed E-state index contributed by atoms with van der Waals surface area (Å²) < 4.78 is 23.6. The van der Waals surface area contributed by atoms with Crippen molar-refractivity contribution in [2.75, 3.05) is 11.1 Å². The monoisotopic (exact) mass is 387 g/mol. The lowest BCUT2D eigenvalue weighted by atomic mass is 9.87. The number of aromatic nitrogens is 2.